The molecule has 6 rings (SSSR count). The van der Waals surface area contributed by atoms with Crippen LogP contribution in [-0.2, 0) is 29.5 Å². The monoisotopic (exact) mass is 549 g/mol. The minimum Gasteiger partial charge on any atom is -0.496 e. The highest BCUT2D eigenvalue weighted by Gasteiger charge is 2.54. The fourth-order valence-electron chi connectivity index (χ4n) is 5.11. The number of hydrogen-bond donors (Lipinski definition) is 0. The van der Waals surface area contributed by atoms with Gasteiger partial charge in [0.15, 0.2) is 11.6 Å². The van der Waals surface area contributed by atoms with Crippen LogP contribution >= 0.6 is 0 Å². The first-order valence-corrected chi connectivity index (χ1v) is 13.4. The summed E-state index contributed by atoms with van der Waals surface area (Å²) in [5, 5.41) is 0.809. The van der Waals surface area contributed by atoms with Crippen molar-refractivity contribution in [1.82, 2.24) is 14.5 Å². The Labute approximate surface area is 236 Å². The second kappa shape index (κ2) is 10.6. The number of aromatic nitrogens is 3. The normalized spacial score (nSPS) is 13.6. The lowest BCUT2D eigenvalue weighted by Gasteiger charge is -2.14. The van der Waals surface area contributed by atoms with Gasteiger partial charge in [0.05, 0.1) is 30.1 Å². The van der Waals surface area contributed by atoms with Gasteiger partial charge in [-0.2, -0.15) is 0 Å². The van der Waals surface area contributed by atoms with Crippen molar-refractivity contribution in [3.8, 4) is 28.5 Å². The van der Waals surface area contributed by atoms with Crippen molar-refractivity contribution in [2.45, 2.75) is 25.7 Å². The molecule has 2 heterocycles. The molecule has 0 unspecified atom stereocenters. The fourth-order valence-corrected chi connectivity index (χ4v) is 5.11. The average Bonchev–Trinajstić information content (AvgIpc) is 3.69. The van der Waals surface area contributed by atoms with Crippen LogP contribution in [0.2, 0.25) is 0 Å². The van der Waals surface area contributed by atoms with Crippen molar-refractivity contribution in [1.29, 1.82) is 0 Å². The molecular formula is C33H28FN3O4. The number of carbonyl (C=O) groups excluding carboxylic acids is 2. The Morgan fingerprint density at radius 1 is 0.902 bits per heavy atom. The van der Waals surface area contributed by atoms with Gasteiger partial charge in [0, 0.05) is 49.3 Å². The quantitative estimate of drug-likeness (QED) is 0.191. The first kappa shape index (κ1) is 26.4. The van der Waals surface area contributed by atoms with Crippen LogP contribution in [0.1, 0.15) is 24.0 Å². The molecule has 5 aromatic rings. The van der Waals surface area contributed by atoms with Crippen molar-refractivity contribution in [3.63, 3.8) is 0 Å². The van der Waals surface area contributed by atoms with Crippen molar-refractivity contribution in [3.05, 3.63) is 102 Å². The molecule has 3 aromatic carbocycles. The van der Waals surface area contributed by atoms with Crippen molar-refractivity contribution in [2.75, 3.05) is 7.11 Å². The first-order chi connectivity index (χ1) is 19.8. The number of rotatable bonds is 10. The largest absolute Gasteiger partial charge is 0.496 e. The van der Waals surface area contributed by atoms with Crippen LogP contribution in [0, 0.1) is 11.2 Å². The van der Waals surface area contributed by atoms with Crippen molar-refractivity contribution in [2.24, 2.45) is 12.5 Å². The molecule has 0 amide bonds. The number of fused-ring (bicyclic) bond motifs is 1. The highest BCUT2D eigenvalue weighted by atomic mass is 19.1. The molecule has 0 radical (unpaired) electrons. The van der Waals surface area contributed by atoms with Crippen LogP contribution in [0.5, 0.6) is 17.2 Å². The number of ketones is 2. The van der Waals surface area contributed by atoms with Crippen LogP contribution in [0.4, 0.5) is 4.39 Å². The number of pyridine rings is 1. The first-order valence-electron chi connectivity index (χ1n) is 13.4. The predicted octanol–water partition coefficient (Wildman–Crippen LogP) is 6.28. The molecule has 1 aliphatic rings. The molecule has 1 saturated carbocycles. The van der Waals surface area contributed by atoms with E-state index in [-0.39, 0.29) is 30.2 Å². The van der Waals surface area contributed by atoms with Gasteiger partial charge in [-0.3, -0.25) is 14.6 Å². The van der Waals surface area contributed by atoms with Crippen molar-refractivity contribution < 1.29 is 23.5 Å². The van der Waals surface area contributed by atoms with Crippen LogP contribution in [-0.4, -0.2) is 33.2 Å². The lowest BCUT2D eigenvalue weighted by molar-refractivity contribution is -0.133. The van der Waals surface area contributed by atoms with E-state index >= 15 is 0 Å². The number of nitrogens with zero attached hydrogens (tertiary/aromatic N) is 3. The minimum absolute atomic E-state index is 0.0746. The molecule has 2 aromatic heterocycles. The maximum atomic E-state index is 13.2. The van der Waals surface area contributed by atoms with Crippen LogP contribution in [0.3, 0.4) is 0 Å². The van der Waals surface area contributed by atoms with Gasteiger partial charge in [-0.15, -0.1) is 0 Å². The van der Waals surface area contributed by atoms with Crippen LogP contribution < -0.4 is 9.47 Å². The summed E-state index contributed by atoms with van der Waals surface area (Å²) in [7, 11) is 3.53. The van der Waals surface area contributed by atoms with E-state index in [0.29, 0.717) is 35.7 Å². The molecule has 1 fully saturated rings. The fraction of sp³-hybridized carbons (Fsp3) is 0.212. The second-order valence-electron chi connectivity index (χ2n) is 10.5. The summed E-state index contributed by atoms with van der Waals surface area (Å²) >= 11 is 0. The van der Waals surface area contributed by atoms with Crippen LogP contribution in [0.15, 0.2) is 85.5 Å². The average molecular weight is 550 g/mol. The minimum atomic E-state index is -0.925. The molecular weight excluding hydrogens is 521 g/mol. The molecule has 7 nitrogen and oxygen atoms in total. The molecule has 0 spiro atoms. The number of ether oxygens (including phenoxy) is 2. The molecule has 0 aliphatic heterocycles. The zero-order valence-electron chi connectivity index (χ0n) is 22.8. The Kier molecular flexibility index (Phi) is 6.83. The summed E-state index contributed by atoms with van der Waals surface area (Å²) in [5.74, 6) is 1.38. The van der Waals surface area contributed by atoms with E-state index < -0.39 is 5.41 Å². The lowest BCUT2D eigenvalue weighted by atomic mass is 9.88. The van der Waals surface area contributed by atoms with Crippen LogP contribution in [0.25, 0.3) is 22.2 Å². The summed E-state index contributed by atoms with van der Waals surface area (Å²) in [5.41, 5.74) is 2.93. The summed E-state index contributed by atoms with van der Waals surface area (Å²) < 4.78 is 26.9. The molecule has 0 bridgehead atoms. The van der Waals surface area contributed by atoms with E-state index in [1.807, 2.05) is 54.2 Å². The Balaban J connectivity index is 1.17. The predicted molar refractivity (Wildman–Crippen MR) is 153 cm³/mol. The number of benzene rings is 3. The van der Waals surface area contributed by atoms with E-state index in [4.69, 9.17) is 9.47 Å². The molecule has 0 saturated heterocycles. The lowest BCUT2D eigenvalue weighted by Crippen LogP contribution is -2.28. The van der Waals surface area contributed by atoms with Gasteiger partial charge >= 0.3 is 0 Å². The van der Waals surface area contributed by atoms with E-state index in [2.05, 4.69) is 9.97 Å². The Bertz CT molecular complexity index is 1760. The number of imidazole rings is 1. The second-order valence-corrected chi connectivity index (χ2v) is 10.5. The highest BCUT2D eigenvalue weighted by Crippen LogP contribution is 2.49. The third-order valence-electron chi connectivity index (χ3n) is 7.61. The number of carbonyl (C=O) groups is 2. The Morgan fingerprint density at radius 3 is 2.15 bits per heavy atom. The molecule has 8 heteroatoms. The third kappa shape index (κ3) is 5.33. The van der Waals surface area contributed by atoms with Gasteiger partial charge in [0.2, 0.25) is 0 Å². The molecule has 41 heavy (non-hydrogen) atoms. The summed E-state index contributed by atoms with van der Waals surface area (Å²) in [6, 6.07) is 18.8. The van der Waals surface area contributed by atoms with Gasteiger partial charge in [0.25, 0.3) is 0 Å². The highest BCUT2D eigenvalue weighted by molar-refractivity contribution is 6.11. The smallest absolute Gasteiger partial charge is 0.150 e. The molecule has 1 aliphatic carbocycles. The summed E-state index contributed by atoms with van der Waals surface area (Å²) in [4.78, 5) is 35.1. The third-order valence-corrected chi connectivity index (χ3v) is 7.61. The number of hydrogen-bond acceptors (Lipinski definition) is 6. The zero-order valence-corrected chi connectivity index (χ0v) is 22.8. The van der Waals surface area contributed by atoms with Gasteiger partial charge in [0.1, 0.15) is 23.1 Å². The number of halogens is 1. The Hall–Kier alpha value is -4.85. The summed E-state index contributed by atoms with van der Waals surface area (Å²) in [6.07, 6.45) is 6.76. The van der Waals surface area contributed by atoms with Crippen molar-refractivity contribution >= 4 is 22.5 Å². The summed E-state index contributed by atoms with van der Waals surface area (Å²) in [6.45, 7) is 0. The van der Waals surface area contributed by atoms with E-state index in [1.54, 1.807) is 37.8 Å². The number of aryl methyl sites for hydroxylation is 1. The topological polar surface area (TPSA) is 83.3 Å². The standard InChI is InChI=1S/C33H28FN3O4/c1-37-19-28(36-20-37)26-17-25-27(18-30(26)40-2)35-14-11-29(25)41-24-9-5-22(6-10-24)16-32(39)33(12-13-33)31(38)15-21-3-7-23(34)8-4-21/h3-11,14,17-20H,12-13,15-16H2,1-2H3. The zero-order chi connectivity index (χ0) is 28.6. The SMILES string of the molecule is COc1cc2nccc(Oc3ccc(CC(=O)C4(C(=O)Cc5ccc(F)cc5)CC4)cc3)c2cc1-c1cn(C)cn1. The molecule has 0 N–H and O–H groups in total. The number of Topliss-reactive ketones (excluding diaryl/α,β-unsaturated/α-hetero) is 2. The maximum Gasteiger partial charge on any atom is 0.150 e. The van der Waals surface area contributed by atoms with E-state index in [9.17, 15) is 14.0 Å². The van der Waals surface area contributed by atoms with E-state index in [0.717, 1.165) is 27.7 Å². The molecule has 206 valence electrons. The number of methoxy groups -OCH3 is 1. The van der Waals surface area contributed by atoms with Gasteiger partial charge in [-0.1, -0.05) is 24.3 Å². The van der Waals surface area contributed by atoms with Gasteiger partial charge in [-0.05, 0) is 60.4 Å². The maximum absolute atomic E-state index is 13.2. The Morgan fingerprint density at radius 2 is 1.56 bits per heavy atom. The van der Waals surface area contributed by atoms with Gasteiger partial charge in [-0.25, -0.2) is 9.37 Å². The van der Waals surface area contributed by atoms with Gasteiger partial charge < -0.3 is 14.0 Å². The molecule has 0 atom stereocenters. The van der Waals surface area contributed by atoms with E-state index in [1.165, 1.54) is 12.1 Å².